The van der Waals surface area contributed by atoms with Crippen LogP contribution in [0.4, 0.5) is 0 Å². The van der Waals surface area contributed by atoms with Crippen LogP contribution < -0.4 is 0 Å². The lowest BCUT2D eigenvalue weighted by atomic mass is 9.76. The highest BCUT2D eigenvalue weighted by Crippen LogP contribution is 2.38. The van der Waals surface area contributed by atoms with Crippen LogP contribution in [-0.4, -0.2) is 35.3 Å². The lowest BCUT2D eigenvalue weighted by Gasteiger charge is -2.35. The third-order valence-corrected chi connectivity index (χ3v) is 7.37. The highest BCUT2D eigenvalue weighted by Gasteiger charge is 2.33. The first kappa shape index (κ1) is 21.9. The number of likely N-dealkylation sites (N-methyl/N-ethyl adjacent to an activating group) is 1. The predicted molar refractivity (Wildman–Crippen MR) is 121 cm³/mol. The summed E-state index contributed by atoms with van der Waals surface area (Å²) in [6.45, 7) is 4.05. The van der Waals surface area contributed by atoms with Gasteiger partial charge in [-0.25, -0.2) is 0 Å². The Morgan fingerprint density at radius 1 is 1.17 bits per heavy atom. The molecule has 0 aromatic heterocycles. The van der Waals surface area contributed by atoms with Gasteiger partial charge in [-0.3, -0.25) is 4.79 Å². The van der Waals surface area contributed by atoms with Crippen molar-refractivity contribution in [2.75, 3.05) is 13.3 Å². The molecule has 0 aliphatic heterocycles. The lowest BCUT2D eigenvalue weighted by Crippen LogP contribution is -2.42. The first-order valence-electron chi connectivity index (χ1n) is 10.6. The average molecular weight is 412 g/mol. The number of aryl methyl sites for hydroxylation is 1. The molecule has 1 N–H and O–H groups in total. The molecule has 1 saturated carbocycles. The number of hydrogen-bond acceptors (Lipinski definition) is 3. The molecule has 0 saturated heterocycles. The lowest BCUT2D eigenvalue weighted by molar-refractivity contribution is -0.136. The molecule has 156 valence electrons. The summed E-state index contributed by atoms with van der Waals surface area (Å²) in [5, 5.41) is 10.8. The normalized spacial score (nSPS) is 17.3. The SMILES string of the molecule is CSc1ccc(C(CC2CCC2)C(=O)N(C)[C@H](C)[C@H](O)c2ccccc2)cc1C. The van der Waals surface area contributed by atoms with Gasteiger partial charge in [0.05, 0.1) is 18.1 Å². The van der Waals surface area contributed by atoms with E-state index < -0.39 is 6.10 Å². The smallest absolute Gasteiger partial charge is 0.230 e. The molecule has 29 heavy (non-hydrogen) atoms. The van der Waals surface area contributed by atoms with E-state index in [1.54, 1.807) is 16.7 Å². The van der Waals surface area contributed by atoms with E-state index in [2.05, 4.69) is 31.4 Å². The maximum atomic E-state index is 13.6. The summed E-state index contributed by atoms with van der Waals surface area (Å²) in [7, 11) is 1.83. The molecule has 3 atom stereocenters. The van der Waals surface area contributed by atoms with Gasteiger partial charge in [0, 0.05) is 11.9 Å². The fraction of sp³-hybridized carbons (Fsp3) is 0.480. The minimum Gasteiger partial charge on any atom is -0.386 e. The molecule has 1 aliphatic rings. The van der Waals surface area contributed by atoms with Crippen molar-refractivity contribution in [3.05, 3.63) is 65.2 Å². The summed E-state index contributed by atoms with van der Waals surface area (Å²) >= 11 is 1.74. The van der Waals surface area contributed by atoms with Gasteiger partial charge in [0.2, 0.25) is 5.91 Å². The van der Waals surface area contributed by atoms with E-state index in [0.29, 0.717) is 5.92 Å². The van der Waals surface area contributed by atoms with Gasteiger partial charge >= 0.3 is 0 Å². The number of aliphatic hydroxyl groups is 1. The highest BCUT2D eigenvalue weighted by atomic mass is 32.2. The Morgan fingerprint density at radius 3 is 2.41 bits per heavy atom. The van der Waals surface area contributed by atoms with Crippen molar-refractivity contribution in [3.63, 3.8) is 0 Å². The first-order chi connectivity index (χ1) is 13.9. The van der Waals surface area contributed by atoms with Gasteiger partial charge in [0.25, 0.3) is 0 Å². The summed E-state index contributed by atoms with van der Waals surface area (Å²) in [6, 6.07) is 15.7. The fourth-order valence-electron chi connectivity index (χ4n) is 4.15. The predicted octanol–water partition coefficient (Wildman–Crippen LogP) is 5.57. The second-order valence-electron chi connectivity index (χ2n) is 8.36. The summed E-state index contributed by atoms with van der Waals surface area (Å²) in [4.78, 5) is 16.6. The fourth-order valence-corrected chi connectivity index (χ4v) is 4.73. The van der Waals surface area contributed by atoms with Crippen LogP contribution >= 0.6 is 11.8 Å². The van der Waals surface area contributed by atoms with E-state index in [0.717, 1.165) is 17.5 Å². The first-order valence-corrected chi connectivity index (χ1v) is 11.8. The van der Waals surface area contributed by atoms with Crippen LogP contribution in [0.1, 0.15) is 61.3 Å². The molecule has 4 heteroatoms. The summed E-state index contributed by atoms with van der Waals surface area (Å²) < 4.78 is 0. The third kappa shape index (κ3) is 5.04. The quantitative estimate of drug-likeness (QED) is 0.577. The Bertz CT molecular complexity index is 819. The summed E-state index contributed by atoms with van der Waals surface area (Å²) in [6.07, 6.45) is 5.99. The van der Waals surface area contributed by atoms with Gasteiger partial charge in [0.1, 0.15) is 0 Å². The molecule has 0 bridgehead atoms. The number of hydrogen-bond donors (Lipinski definition) is 1. The van der Waals surface area contributed by atoms with Crippen molar-refractivity contribution < 1.29 is 9.90 Å². The van der Waals surface area contributed by atoms with E-state index >= 15 is 0 Å². The van der Waals surface area contributed by atoms with Gasteiger partial charge in [-0.15, -0.1) is 11.8 Å². The Hall–Kier alpha value is -1.78. The van der Waals surface area contributed by atoms with Crippen molar-refractivity contribution >= 4 is 17.7 Å². The van der Waals surface area contributed by atoms with Crippen LogP contribution in [0.3, 0.4) is 0 Å². The monoisotopic (exact) mass is 411 g/mol. The molecule has 0 radical (unpaired) electrons. The number of carbonyl (C=O) groups is 1. The Morgan fingerprint density at radius 2 is 1.86 bits per heavy atom. The van der Waals surface area contributed by atoms with Crippen molar-refractivity contribution in [2.24, 2.45) is 5.92 Å². The van der Waals surface area contributed by atoms with Crippen LogP contribution in [-0.2, 0) is 4.79 Å². The van der Waals surface area contributed by atoms with Crippen molar-refractivity contribution in [1.29, 1.82) is 0 Å². The zero-order valence-electron chi connectivity index (χ0n) is 18.0. The highest BCUT2D eigenvalue weighted by molar-refractivity contribution is 7.98. The number of nitrogens with zero attached hydrogens (tertiary/aromatic N) is 1. The van der Waals surface area contributed by atoms with E-state index in [1.165, 1.54) is 29.7 Å². The van der Waals surface area contributed by atoms with Gasteiger partial charge in [-0.1, -0.05) is 61.7 Å². The minimum atomic E-state index is -0.699. The number of benzene rings is 2. The average Bonchev–Trinajstić information content (AvgIpc) is 2.71. The Labute approximate surface area is 179 Å². The molecule has 1 fully saturated rings. The van der Waals surface area contributed by atoms with E-state index in [9.17, 15) is 9.90 Å². The van der Waals surface area contributed by atoms with Gasteiger partial charge < -0.3 is 10.0 Å². The second-order valence-corrected chi connectivity index (χ2v) is 9.21. The molecular weight excluding hydrogens is 378 g/mol. The van der Waals surface area contributed by atoms with Crippen LogP contribution in [0.25, 0.3) is 0 Å². The molecule has 2 aromatic carbocycles. The molecule has 3 nitrogen and oxygen atoms in total. The second kappa shape index (κ2) is 9.82. The number of amides is 1. The van der Waals surface area contributed by atoms with Crippen LogP contribution in [0.15, 0.2) is 53.4 Å². The molecule has 3 rings (SSSR count). The molecule has 1 unspecified atom stereocenters. The third-order valence-electron chi connectivity index (χ3n) is 6.47. The zero-order chi connectivity index (χ0) is 21.0. The Kier molecular flexibility index (Phi) is 7.42. The molecular formula is C25H33NO2S. The molecule has 1 amide bonds. The van der Waals surface area contributed by atoms with Crippen molar-refractivity contribution in [1.82, 2.24) is 4.90 Å². The van der Waals surface area contributed by atoms with Crippen molar-refractivity contribution in [2.45, 2.75) is 62.5 Å². The molecule has 0 spiro atoms. The van der Waals surface area contributed by atoms with Crippen LogP contribution in [0.5, 0.6) is 0 Å². The van der Waals surface area contributed by atoms with E-state index in [-0.39, 0.29) is 17.9 Å². The van der Waals surface area contributed by atoms with Gasteiger partial charge in [0.15, 0.2) is 0 Å². The van der Waals surface area contributed by atoms with Crippen LogP contribution in [0, 0.1) is 12.8 Å². The number of rotatable bonds is 8. The van der Waals surface area contributed by atoms with E-state index in [4.69, 9.17) is 0 Å². The number of aliphatic hydroxyl groups excluding tert-OH is 1. The molecule has 0 heterocycles. The maximum absolute atomic E-state index is 13.6. The summed E-state index contributed by atoms with van der Waals surface area (Å²) in [5.41, 5.74) is 3.17. The standard InChI is InChI=1S/C25H33NO2S/c1-17-15-21(13-14-23(17)29-4)22(16-19-9-8-10-19)25(28)26(3)18(2)24(27)20-11-6-5-7-12-20/h5-7,11-15,18-19,22,24,27H,8-10,16H2,1-4H3/t18-,22?,24+/m1/s1. The van der Waals surface area contributed by atoms with Gasteiger partial charge in [-0.2, -0.15) is 0 Å². The van der Waals surface area contributed by atoms with Crippen molar-refractivity contribution in [3.8, 4) is 0 Å². The molecule has 2 aromatic rings. The Balaban J connectivity index is 1.82. The maximum Gasteiger partial charge on any atom is 0.230 e. The number of thioether (sulfide) groups is 1. The largest absolute Gasteiger partial charge is 0.386 e. The molecule has 1 aliphatic carbocycles. The van der Waals surface area contributed by atoms with E-state index in [1.807, 2.05) is 44.3 Å². The zero-order valence-corrected chi connectivity index (χ0v) is 18.8. The summed E-state index contributed by atoms with van der Waals surface area (Å²) in [5.74, 6) is 0.591. The minimum absolute atomic E-state index is 0.107. The number of carbonyl (C=O) groups excluding carboxylic acids is 1. The van der Waals surface area contributed by atoms with Crippen LogP contribution in [0.2, 0.25) is 0 Å². The topological polar surface area (TPSA) is 40.5 Å². The van der Waals surface area contributed by atoms with Gasteiger partial charge in [-0.05, 0) is 55.2 Å².